The lowest BCUT2D eigenvalue weighted by Crippen LogP contribution is -1.94. The summed E-state index contributed by atoms with van der Waals surface area (Å²) in [7, 11) is 0. The predicted octanol–water partition coefficient (Wildman–Crippen LogP) is 4.23. The fourth-order valence-electron chi connectivity index (χ4n) is 1.92. The standard InChI is InChI=1S/C17H15NO2/c1-13-11-20-17(18-13)15-7-9-16(10-8-15)19-12-14-5-3-2-4-6-14/h2-11H,12H2,1H3. The van der Waals surface area contributed by atoms with Crippen molar-refractivity contribution in [1.82, 2.24) is 4.98 Å². The first-order valence-corrected chi connectivity index (χ1v) is 6.50. The van der Waals surface area contributed by atoms with Gasteiger partial charge in [0.1, 0.15) is 18.6 Å². The Morgan fingerprint density at radius 2 is 1.75 bits per heavy atom. The summed E-state index contributed by atoms with van der Waals surface area (Å²) in [6.07, 6.45) is 1.65. The van der Waals surface area contributed by atoms with Gasteiger partial charge in [-0.3, -0.25) is 0 Å². The van der Waals surface area contributed by atoms with Crippen molar-refractivity contribution in [2.24, 2.45) is 0 Å². The molecular weight excluding hydrogens is 250 g/mol. The van der Waals surface area contributed by atoms with Crippen LogP contribution in [0.2, 0.25) is 0 Å². The molecule has 0 unspecified atom stereocenters. The fraction of sp³-hybridized carbons (Fsp3) is 0.118. The van der Waals surface area contributed by atoms with Gasteiger partial charge in [-0.25, -0.2) is 4.98 Å². The van der Waals surface area contributed by atoms with Crippen molar-refractivity contribution in [2.75, 3.05) is 0 Å². The summed E-state index contributed by atoms with van der Waals surface area (Å²) in [6.45, 7) is 2.47. The first-order chi connectivity index (χ1) is 9.81. The van der Waals surface area contributed by atoms with Gasteiger partial charge < -0.3 is 9.15 Å². The molecule has 0 aliphatic heterocycles. The maximum absolute atomic E-state index is 5.74. The maximum Gasteiger partial charge on any atom is 0.226 e. The predicted molar refractivity (Wildman–Crippen MR) is 77.5 cm³/mol. The Kier molecular flexibility index (Phi) is 3.50. The van der Waals surface area contributed by atoms with Crippen molar-refractivity contribution in [1.29, 1.82) is 0 Å². The number of rotatable bonds is 4. The van der Waals surface area contributed by atoms with Crippen LogP contribution in [0.4, 0.5) is 0 Å². The Bertz CT molecular complexity index is 672. The number of hydrogen-bond donors (Lipinski definition) is 0. The topological polar surface area (TPSA) is 35.3 Å². The van der Waals surface area contributed by atoms with Crippen LogP contribution < -0.4 is 4.74 Å². The van der Waals surface area contributed by atoms with Crippen molar-refractivity contribution >= 4 is 0 Å². The van der Waals surface area contributed by atoms with E-state index in [4.69, 9.17) is 9.15 Å². The molecule has 0 N–H and O–H groups in total. The smallest absolute Gasteiger partial charge is 0.226 e. The molecule has 3 rings (SSSR count). The Hall–Kier alpha value is -2.55. The summed E-state index contributed by atoms with van der Waals surface area (Å²) in [4.78, 5) is 4.30. The quantitative estimate of drug-likeness (QED) is 0.708. The van der Waals surface area contributed by atoms with Gasteiger partial charge in [0.25, 0.3) is 0 Å². The van der Waals surface area contributed by atoms with Gasteiger partial charge in [0.05, 0.1) is 5.69 Å². The van der Waals surface area contributed by atoms with E-state index in [1.807, 2.05) is 61.5 Å². The molecule has 100 valence electrons. The second-order valence-corrected chi connectivity index (χ2v) is 4.59. The number of ether oxygens (including phenoxy) is 1. The number of benzene rings is 2. The second kappa shape index (κ2) is 5.61. The highest BCUT2D eigenvalue weighted by Gasteiger charge is 2.04. The molecule has 1 heterocycles. The first kappa shape index (κ1) is 12.5. The SMILES string of the molecule is Cc1coc(-c2ccc(OCc3ccccc3)cc2)n1. The third-order valence-electron chi connectivity index (χ3n) is 2.97. The third-order valence-corrected chi connectivity index (χ3v) is 2.97. The van der Waals surface area contributed by atoms with Gasteiger partial charge in [0, 0.05) is 5.56 Å². The van der Waals surface area contributed by atoms with Gasteiger partial charge in [0.2, 0.25) is 5.89 Å². The zero-order valence-electron chi connectivity index (χ0n) is 11.2. The highest BCUT2D eigenvalue weighted by atomic mass is 16.5. The lowest BCUT2D eigenvalue weighted by Gasteiger charge is -2.06. The molecule has 3 aromatic rings. The molecule has 0 amide bonds. The van der Waals surface area contributed by atoms with E-state index in [-0.39, 0.29) is 0 Å². The van der Waals surface area contributed by atoms with Gasteiger partial charge >= 0.3 is 0 Å². The van der Waals surface area contributed by atoms with E-state index in [9.17, 15) is 0 Å². The van der Waals surface area contributed by atoms with Crippen LogP contribution in [0.25, 0.3) is 11.5 Å². The van der Waals surface area contributed by atoms with Gasteiger partial charge in [-0.15, -0.1) is 0 Å². The number of nitrogens with zero attached hydrogens (tertiary/aromatic N) is 1. The van der Waals surface area contributed by atoms with E-state index >= 15 is 0 Å². The van der Waals surface area contributed by atoms with E-state index in [0.717, 1.165) is 22.6 Å². The van der Waals surface area contributed by atoms with Crippen LogP contribution in [-0.2, 0) is 6.61 Å². The number of oxazole rings is 1. The van der Waals surface area contributed by atoms with E-state index in [1.54, 1.807) is 6.26 Å². The number of aryl methyl sites for hydroxylation is 1. The van der Waals surface area contributed by atoms with E-state index < -0.39 is 0 Å². The first-order valence-electron chi connectivity index (χ1n) is 6.50. The molecule has 3 nitrogen and oxygen atoms in total. The Balaban J connectivity index is 1.67. The van der Waals surface area contributed by atoms with Crippen molar-refractivity contribution in [3.05, 3.63) is 72.1 Å². The molecule has 0 bridgehead atoms. The summed E-state index contributed by atoms with van der Waals surface area (Å²) in [6, 6.07) is 17.9. The zero-order chi connectivity index (χ0) is 13.8. The minimum absolute atomic E-state index is 0.568. The molecule has 20 heavy (non-hydrogen) atoms. The van der Waals surface area contributed by atoms with Gasteiger partial charge in [0.15, 0.2) is 0 Å². The lowest BCUT2D eigenvalue weighted by atomic mass is 10.2. The van der Waals surface area contributed by atoms with Crippen LogP contribution in [0.5, 0.6) is 5.75 Å². The Morgan fingerprint density at radius 3 is 2.40 bits per heavy atom. The van der Waals surface area contributed by atoms with Crippen molar-refractivity contribution < 1.29 is 9.15 Å². The monoisotopic (exact) mass is 265 g/mol. The van der Waals surface area contributed by atoms with Crippen LogP contribution >= 0.6 is 0 Å². The van der Waals surface area contributed by atoms with Gasteiger partial charge in [-0.2, -0.15) is 0 Å². The summed E-state index contributed by atoms with van der Waals surface area (Å²) < 4.78 is 11.1. The summed E-state index contributed by atoms with van der Waals surface area (Å²) in [5.41, 5.74) is 2.98. The molecule has 0 saturated heterocycles. The van der Waals surface area contributed by atoms with Crippen molar-refractivity contribution in [2.45, 2.75) is 13.5 Å². The van der Waals surface area contributed by atoms with Crippen LogP contribution in [0.3, 0.4) is 0 Å². The summed E-state index contributed by atoms with van der Waals surface area (Å²) in [5.74, 6) is 1.47. The van der Waals surface area contributed by atoms with Crippen LogP contribution in [0.1, 0.15) is 11.3 Å². The average molecular weight is 265 g/mol. The van der Waals surface area contributed by atoms with Gasteiger partial charge in [-0.05, 0) is 36.8 Å². The molecule has 0 fully saturated rings. The normalized spacial score (nSPS) is 10.4. The van der Waals surface area contributed by atoms with E-state index in [2.05, 4.69) is 4.98 Å². The Labute approximate surface area is 117 Å². The molecule has 0 atom stereocenters. The summed E-state index contributed by atoms with van der Waals surface area (Å²) >= 11 is 0. The maximum atomic E-state index is 5.74. The van der Waals surface area contributed by atoms with E-state index in [1.165, 1.54) is 0 Å². The van der Waals surface area contributed by atoms with Crippen molar-refractivity contribution in [3.63, 3.8) is 0 Å². The molecule has 0 spiro atoms. The molecule has 0 saturated carbocycles. The highest BCUT2D eigenvalue weighted by molar-refractivity contribution is 5.54. The number of aromatic nitrogens is 1. The molecule has 3 heteroatoms. The summed E-state index contributed by atoms with van der Waals surface area (Å²) in [5, 5.41) is 0. The van der Waals surface area contributed by atoms with Crippen LogP contribution in [-0.4, -0.2) is 4.98 Å². The highest BCUT2D eigenvalue weighted by Crippen LogP contribution is 2.22. The molecular formula is C17H15NO2. The molecule has 2 aromatic carbocycles. The largest absolute Gasteiger partial charge is 0.489 e. The lowest BCUT2D eigenvalue weighted by molar-refractivity contribution is 0.306. The zero-order valence-corrected chi connectivity index (χ0v) is 11.2. The third kappa shape index (κ3) is 2.88. The second-order valence-electron chi connectivity index (χ2n) is 4.59. The van der Waals surface area contributed by atoms with Crippen LogP contribution in [0, 0.1) is 6.92 Å². The van der Waals surface area contributed by atoms with Gasteiger partial charge in [-0.1, -0.05) is 30.3 Å². The number of hydrogen-bond acceptors (Lipinski definition) is 3. The minimum atomic E-state index is 0.568. The van der Waals surface area contributed by atoms with Crippen LogP contribution in [0.15, 0.2) is 65.3 Å². The van der Waals surface area contributed by atoms with Crippen molar-refractivity contribution in [3.8, 4) is 17.2 Å². The fourth-order valence-corrected chi connectivity index (χ4v) is 1.92. The molecule has 0 aliphatic carbocycles. The Morgan fingerprint density at radius 1 is 1.00 bits per heavy atom. The van der Waals surface area contributed by atoms with E-state index in [0.29, 0.717) is 12.5 Å². The molecule has 0 radical (unpaired) electrons. The molecule has 0 aliphatic rings. The average Bonchev–Trinajstić information content (AvgIpc) is 2.93. The minimum Gasteiger partial charge on any atom is -0.489 e. The molecule has 1 aromatic heterocycles.